The zero-order valence-corrected chi connectivity index (χ0v) is 50.0. The van der Waals surface area contributed by atoms with Crippen LogP contribution in [-0.2, 0) is 19.1 Å². The van der Waals surface area contributed by atoms with Crippen LogP contribution in [0.5, 0.6) is 34.5 Å². The number of hydrogen-bond donors (Lipinski definition) is 1. The molecule has 452 valence electrons. The van der Waals surface area contributed by atoms with Gasteiger partial charge in [-0.1, -0.05) is 42.5 Å². The number of anilines is 3. The fraction of sp³-hybridized carbons (Fsp3) is 0.414. The molecule has 16 nitrogen and oxygen atoms in total. The number of methoxy groups -OCH3 is 4. The van der Waals surface area contributed by atoms with Gasteiger partial charge in [0.25, 0.3) is 0 Å². The normalized spacial score (nSPS) is 19.7. The summed E-state index contributed by atoms with van der Waals surface area (Å²) >= 11 is 0. The fourth-order valence-electron chi connectivity index (χ4n) is 12.7. The molecule has 0 unspecified atom stereocenters. The van der Waals surface area contributed by atoms with E-state index >= 15 is 0 Å². The average Bonchev–Trinajstić information content (AvgIpc) is 3.37. The summed E-state index contributed by atoms with van der Waals surface area (Å²) in [5.74, 6) is 3.53. The summed E-state index contributed by atoms with van der Waals surface area (Å²) in [6, 6.07) is 39.6. The Hall–Kier alpha value is -8.53. The predicted molar refractivity (Wildman–Crippen MR) is 329 cm³/mol. The summed E-state index contributed by atoms with van der Waals surface area (Å²) in [4.78, 5) is 66.4. The van der Waals surface area contributed by atoms with E-state index in [1.165, 1.54) is 57.3 Å². The molecule has 3 aliphatic carbocycles. The Bertz CT molecular complexity index is 3380. The number of carboxylic acids is 1. The first kappa shape index (κ1) is 60.6. The van der Waals surface area contributed by atoms with Crippen LogP contribution in [0.3, 0.4) is 0 Å². The lowest BCUT2D eigenvalue weighted by molar-refractivity contribution is -0.118. The first-order chi connectivity index (χ1) is 41.8. The number of ether oxygens (including phenoxy) is 7. The molecule has 6 aromatic rings. The van der Waals surface area contributed by atoms with Gasteiger partial charge in [-0.25, -0.2) is 9.59 Å². The number of nitrogens with zero attached hydrogens (tertiary/aromatic N) is 3. The number of esters is 1. The Balaban J connectivity index is 0.000000143. The summed E-state index contributed by atoms with van der Waals surface area (Å²) < 4.78 is 39.9. The molecular weight excluding hydrogens is 1090 g/mol. The molecule has 0 spiro atoms. The Morgan fingerprint density at radius 3 is 1.09 bits per heavy atom. The zero-order chi connectivity index (χ0) is 60.3. The van der Waals surface area contributed by atoms with Crippen molar-refractivity contribution in [3.8, 4) is 34.5 Å². The average molecular weight is 1170 g/mol. The third-order valence-electron chi connectivity index (χ3n) is 17.4. The van der Waals surface area contributed by atoms with Crippen molar-refractivity contribution in [2.24, 2.45) is 0 Å². The number of hydrogen-bond acceptors (Lipinski definition) is 12. The third kappa shape index (κ3) is 14.6. The molecule has 3 saturated heterocycles. The van der Waals surface area contributed by atoms with E-state index in [2.05, 4.69) is 31.2 Å². The minimum atomic E-state index is -1.00. The van der Waals surface area contributed by atoms with Gasteiger partial charge in [0.15, 0.2) is 34.5 Å². The molecule has 3 atom stereocenters. The van der Waals surface area contributed by atoms with Crippen molar-refractivity contribution in [3.05, 3.63) is 161 Å². The van der Waals surface area contributed by atoms with E-state index in [0.717, 1.165) is 89.7 Å². The molecule has 6 aliphatic rings. The maximum atomic E-state index is 12.7. The van der Waals surface area contributed by atoms with E-state index in [1.54, 1.807) is 67.5 Å². The van der Waals surface area contributed by atoms with Crippen LogP contribution in [0.15, 0.2) is 127 Å². The highest BCUT2D eigenvalue weighted by Gasteiger charge is 2.36. The van der Waals surface area contributed by atoms with Gasteiger partial charge in [0.05, 0.1) is 57.9 Å². The minimum absolute atomic E-state index is 0.00776. The van der Waals surface area contributed by atoms with Crippen LogP contribution in [0.2, 0.25) is 0 Å². The van der Waals surface area contributed by atoms with Crippen molar-refractivity contribution in [2.45, 2.75) is 139 Å². The van der Waals surface area contributed by atoms with Crippen LogP contribution in [0.1, 0.15) is 157 Å². The lowest BCUT2D eigenvalue weighted by Gasteiger charge is -2.19. The first-order valence-electron chi connectivity index (χ1n) is 30.3. The van der Waals surface area contributed by atoms with Crippen LogP contribution in [0, 0.1) is 6.92 Å². The number of aromatic carboxylic acids is 1. The second kappa shape index (κ2) is 28.1. The Morgan fingerprint density at radius 1 is 0.419 bits per heavy atom. The number of aryl methyl sites for hydroxylation is 1. The first-order valence-corrected chi connectivity index (χ1v) is 30.3. The van der Waals surface area contributed by atoms with E-state index < -0.39 is 11.9 Å². The number of carboxylic acid groups (broad SMARTS) is 1. The number of carbonyl (C=O) groups is 5. The number of carbonyl (C=O) groups excluding carboxylic acids is 4. The van der Waals surface area contributed by atoms with Gasteiger partial charge in [-0.3, -0.25) is 14.4 Å². The molecule has 3 amide bonds. The van der Waals surface area contributed by atoms with Gasteiger partial charge in [-0.05, 0) is 191 Å². The SMILES string of the molecule is COC(=O)c1cccc(N2C[C@@H](c3ccc(OC)c(OC4CCCC4)c3)CC2=O)c1.COc1ccc([C@H]2CC(=O)N(c3cccc(C(=O)O)c3)C2)cc1OC1CCCC1.COc1ccc([C@H]2CC(=O)N(c3cccc(C)c3)C2)cc1OC1CCCC1. The maximum Gasteiger partial charge on any atom is 0.337 e. The number of rotatable bonds is 17. The summed E-state index contributed by atoms with van der Waals surface area (Å²) in [5.41, 5.74) is 7.33. The smallest absolute Gasteiger partial charge is 0.337 e. The Labute approximate surface area is 504 Å². The van der Waals surface area contributed by atoms with E-state index in [4.69, 9.17) is 33.2 Å². The third-order valence-corrected chi connectivity index (χ3v) is 17.4. The van der Waals surface area contributed by atoms with Crippen molar-refractivity contribution in [2.75, 3.05) is 62.8 Å². The summed E-state index contributed by atoms with van der Waals surface area (Å²) in [7, 11) is 6.30. The second-order valence-electron chi connectivity index (χ2n) is 23.3. The van der Waals surface area contributed by atoms with Crippen LogP contribution in [-0.4, -0.2) is 101 Å². The van der Waals surface area contributed by atoms with Crippen molar-refractivity contribution in [1.29, 1.82) is 0 Å². The molecule has 1 N–H and O–H groups in total. The Kier molecular flexibility index (Phi) is 19.8. The molecule has 86 heavy (non-hydrogen) atoms. The van der Waals surface area contributed by atoms with Crippen molar-refractivity contribution in [1.82, 2.24) is 0 Å². The van der Waals surface area contributed by atoms with E-state index in [0.29, 0.717) is 61.6 Å². The highest BCUT2D eigenvalue weighted by atomic mass is 16.5. The van der Waals surface area contributed by atoms with Gasteiger partial charge >= 0.3 is 11.9 Å². The molecule has 0 bridgehead atoms. The van der Waals surface area contributed by atoms with Crippen molar-refractivity contribution in [3.63, 3.8) is 0 Å². The van der Waals surface area contributed by atoms with E-state index in [1.807, 2.05) is 65.6 Å². The van der Waals surface area contributed by atoms with Gasteiger partial charge in [0.2, 0.25) is 17.7 Å². The van der Waals surface area contributed by atoms with E-state index in [-0.39, 0.29) is 59.4 Å². The standard InChI is InChI=1S/C24H27NO5.C23H25NO5.C23H27NO3/c1-28-21-11-10-16(13-22(21)30-20-8-3-4-9-20)18-14-23(26)25(15-18)19-7-5-6-17(12-19)24(27)29-2;1-28-20-10-9-15(12-21(20)29-19-7-2-3-8-19)17-13-22(25)24(14-17)18-6-4-5-16(11-18)23(26)27;1-16-6-5-7-19(12-16)24-15-18(14-23(24)25)17-10-11-21(26-2)22(13-17)27-20-8-3-4-9-20/h5-7,10-13,18,20H,3-4,8-9,14-15H2,1-2H3;4-6,9-12,17,19H,2-3,7-8,13-14H2,1H3,(H,26,27);5-7,10-13,18,20H,3-4,8-9,14-15H2,1-2H3/t18-;17-;18-/m000/s1. The van der Waals surface area contributed by atoms with Crippen LogP contribution >= 0.6 is 0 Å². The van der Waals surface area contributed by atoms with Crippen LogP contribution in [0.25, 0.3) is 0 Å². The fourth-order valence-corrected chi connectivity index (χ4v) is 12.7. The predicted octanol–water partition coefficient (Wildman–Crippen LogP) is 13.4. The molecular formula is C70H79N3O13. The molecule has 0 radical (unpaired) electrons. The highest BCUT2D eigenvalue weighted by molar-refractivity contribution is 6.00. The molecule has 3 saturated carbocycles. The summed E-state index contributed by atoms with van der Waals surface area (Å²) in [6.45, 7) is 3.82. The van der Waals surface area contributed by atoms with Gasteiger partial charge in [0.1, 0.15) is 0 Å². The topological polar surface area (TPSA) is 180 Å². The summed E-state index contributed by atoms with van der Waals surface area (Å²) in [6.07, 6.45) is 15.8. The monoisotopic (exact) mass is 1170 g/mol. The van der Waals surface area contributed by atoms with Gasteiger partial charge in [-0.15, -0.1) is 0 Å². The Morgan fingerprint density at radius 2 is 0.756 bits per heavy atom. The highest BCUT2D eigenvalue weighted by Crippen LogP contribution is 2.42. The number of amides is 3. The van der Waals surface area contributed by atoms with Crippen LogP contribution in [0.4, 0.5) is 17.1 Å². The van der Waals surface area contributed by atoms with Gasteiger partial charge < -0.3 is 53.0 Å². The minimum Gasteiger partial charge on any atom is -0.493 e. The molecule has 6 aromatic carbocycles. The second-order valence-corrected chi connectivity index (χ2v) is 23.3. The molecule has 0 aromatic heterocycles. The molecule has 12 rings (SSSR count). The van der Waals surface area contributed by atoms with Gasteiger partial charge in [0, 0.05) is 73.7 Å². The molecule has 3 heterocycles. The molecule has 6 fully saturated rings. The quantitative estimate of drug-likeness (QED) is 0.0853. The van der Waals surface area contributed by atoms with Crippen molar-refractivity contribution >= 4 is 46.7 Å². The van der Waals surface area contributed by atoms with Gasteiger partial charge in [-0.2, -0.15) is 0 Å². The maximum absolute atomic E-state index is 12.7. The van der Waals surface area contributed by atoms with E-state index in [9.17, 15) is 29.1 Å². The van der Waals surface area contributed by atoms with Crippen molar-refractivity contribution < 1.29 is 62.2 Å². The van der Waals surface area contributed by atoms with Crippen LogP contribution < -0.4 is 43.1 Å². The lowest BCUT2D eigenvalue weighted by Crippen LogP contribution is -2.24. The zero-order valence-electron chi connectivity index (χ0n) is 50.0. The lowest BCUT2D eigenvalue weighted by atomic mass is 9.98. The summed E-state index contributed by atoms with van der Waals surface area (Å²) in [5, 5.41) is 9.22. The molecule has 16 heteroatoms. The number of benzene rings is 6. The molecule has 3 aliphatic heterocycles. The largest absolute Gasteiger partial charge is 0.493 e.